The van der Waals surface area contributed by atoms with Gasteiger partial charge in [0.2, 0.25) is 5.91 Å². The van der Waals surface area contributed by atoms with Gasteiger partial charge < -0.3 is 5.73 Å². The normalized spacial score (nSPS) is 10.5. The van der Waals surface area contributed by atoms with Gasteiger partial charge in [-0.05, 0) is 35.4 Å². The molecular formula is C25H22FN7O2. The van der Waals surface area contributed by atoms with Gasteiger partial charge >= 0.3 is 0 Å². The molecule has 0 bridgehead atoms. The molecule has 0 atom stereocenters. The second-order valence-electron chi connectivity index (χ2n) is 7.44. The van der Waals surface area contributed by atoms with Crippen LogP contribution in [0.15, 0.2) is 91.3 Å². The van der Waals surface area contributed by atoms with Crippen molar-refractivity contribution >= 4 is 29.1 Å². The molecule has 0 radical (unpaired) electrons. The number of aromatic nitrogens is 2. The Kier molecular flexibility index (Phi) is 7.12. The third-order valence-corrected chi connectivity index (χ3v) is 5.12. The zero-order valence-electron chi connectivity index (χ0n) is 18.4. The number of nitrogens with zero attached hydrogens (tertiary/aromatic N) is 2. The lowest BCUT2D eigenvalue weighted by atomic mass is 9.91. The molecule has 0 aliphatic carbocycles. The minimum absolute atomic E-state index is 0.0585. The minimum Gasteiger partial charge on any atom is -0.393 e. The lowest BCUT2D eigenvalue weighted by Gasteiger charge is -2.19. The number of carbonyl (C=O) groups excluding carboxylic acids is 2. The molecule has 0 spiro atoms. The molecular weight excluding hydrogens is 449 g/mol. The smallest absolute Gasteiger partial charge is 0.269 e. The fourth-order valence-corrected chi connectivity index (χ4v) is 3.36. The molecule has 4 rings (SSSR count). The number of hydrogen-bond donors (Lipinski definition) is 5. The van der Waals surface area contributed by atoms with Crippen molar-refractivity contribution in [1.82, 2.24) is 20.8 Å². The van der Waals surface area contributed by atoms with E-state index in [-0.39, 0.29) is 28.8 Å². The van der Waals surface area contributed by atoms with Gasteiger partial charge in [0, 0.05) is 5.56 Å². The van der Waals surface area contributed by atoms with Gasteiger partial charge in [-0.25, -0.2) is 14.4 Å². The summed E-state index contributed by atoms with van der Waals surface area (Å²) in [6.07, 6.45) is 1.21. The Morgan fingerprint density at radius 3 is 1.80 bits per heavy atom. The summed E-state index contributed by atoms with van der Waals surface area (Å²) in [5.74, 6) is -1.62. The molecule has 2 amide bonds. The standard InChI is InChI=1S/C25H22FN7O2/c26-19-13-11-18(12-14-19)24(34)32-30-22-21(27)23(29-15-28-22)31-33-25(35)20(16-7-3-1-4-8-16)17-9-5-2-6-10-17/h1-15,20H,27H2,(H,32,34)(H,33,35)(H2,28,29,30,31). The van der Waals surface area contributed by atoms with E-state index in [4.69, 9.17) is 5.73 Å². The highest BCUT2D eigenvalue weighted by Crippen LogP contribution is 2.25. The average molecular weight is 471 g/mol. The van der Waals surface area contributed by atoms with Crippen molar-refractivity contribution in [1.29, 1.82) is 0 Å². The van der Waals surface area contributed by atoms with Crippen LogP contribution in [0, 0.1) is 5.82 Å². The Balaban J connectivity index is 1.44. The summed E-state index contributed by atoms with van der Waals surface area (Å²) < 4.78 is 13.1. The van der Waals surface area contributed by atoms with Crippen molar-refractivity contribution in [2.75, 3.05) is 16.6 Å². The van der Waals surface area contributed by atoms with Crippen molar-refractivity contribution < 1.29 is 14.0 Å². The average Bonchev–Trinajstić information content (AvgIpc) is 2.89. The number of hydrazine groups is 2. The first kappa shape index (κ1) is 23.2. The molecule has 9 nitrogen and oxygen atoms in total. The predicted molar refractivity (Wildman–Crippen MR) is 130 cm³/mol. The minimum atomic E-state index is -0.569. The Hall–Kier alpha value is -4.99. The quantitative estimate of drug-likeness (QED) is 0.249. The molecule has 4 aromatic rings. The SMILES string of the molecule is Nc1c(NNC(=O)c2ccc(F)cc2)ncnc1NNC(=O)C(c1ccccc1)c1ccccc1. The Labute approximate surface area is 200 Å². The zero-order valence-corrected chi connectivity index (χ0v) is 18.4. The number of anilines is 3. The van der Waals surface area contributed by atoms with Crippen LogP contribution in [0.2, 0.25) is 0 Å². The molecule has 3 aromatic carbocycles. The molecule has 10 heteroatoms. The predicted octanol–water partition coefficient (Wildman–Crippen LogP) is 3.23. The fourth-order valence-electron chi connectivity index (χ4n) is 3.36. The summed E-state index contributed by atoms with van der Waals surface area (Å²) in [4.78, 5) is 33.4. The topological polar surface area (TPSA) is 134 Å². The van der Waals surface area contributed by atoms with Gasteiger partial charge in [-0.1, -0.05) is 60.7 Å². The maximum absolute atomic E-state index is 13.2. The Morgan fingerprint density at radius 2 is 1.26 bits per heavy atom. The van der Waals surface area contributed by atoms with Crippen LogP contribution in [0.25, 0.3) is 0 Å². The number of nitrogens with two attached hydrogens (primary N) is 1. The number of halogens is 1. The van der Waals surface area contributed by atoms with Gasteiger partial charge in [0.25, 0.3) is 5.91 Å². The Morgan fingerprint density at radius 1 is 0.743 bits per heavy atom. The molecule has 0 fully saturated rings. The van der Waals surface area contributed by atoms with Crippen molar-refractivity contribution in [3.63, 3.8) is 0 Å². The fraction of sp³-hybridized carbons (Fsp3) is 0.0400. The molecule has 0 saturated heterocycles. The van der Waals surface area contributed by atoms with E-state index in [9.17, 15) is 14.0 Å². The summed E-state index contributed by atoms with van der Waals surface area (Å²) >= 11 is 0. The third kappa shape index (κ3) is 5.69. The van der Waals surface area contributed by atoms with Crippen LogP contribution in [0.3, 0.4) is 0 Å². The molecule has 6 N–H and O–H groups in total. The van der Waals surface area contributed by atoms with E-state index >= 15 is 0 Å². The maximum atomic E-state index is 13.2. The van der Waals surface area contributed by atoms with Crippen LogP contribution in [-0.4, -0.2) is 21.8 Å². The second kappa shape index (κ2) is 10.8. The number of nitrogen functional groups attached to an aromatic ring is 1. The largest absolute Gasteiger partial charge is 0.393 e. The van der Waals surface area contributed by atoms with Crippen molar-refractivity contribution in [3.8, 4) is 0 Å². The number of rotatable bonds is 8. The number of hydrogen-bond acceptors (Lipinski definition) is 7. The second-order valence-corrected chi connectivity index (χ2v) is 7.44. The number of amides is 2. The third-order valence-electron chi connectivity index (χ3n) is 5.12. The molecule has 0 aliphatic rings. The maximum Gasteiger partial charge on any atom is 0.269 e. The first-order chi connectivity index (χ1) is 17.0. The first-order valence-corrected chi connectivity index (χ1v) is 10.6. The van der Waals surface area contributed by atoms with Crippen LogP contribution in [-0.2, 0) is 4.79 Å². The van der Waals surface area contributed by atoms with Crippen LogP contribution in [0.5, 0.6) is 0 Å². The van der Waals surface area contributed by atoms with E-state index in [1.54, 1.807) is 0 Å². The first-order valence-electron chi connectivity index (χ1n) is 10.6. The van der Waals surface area contributed by atoms with Gasteiger partial charge in [-0.15, -0.1) is 0 Å². The summed E-state index contributed by atoms with van der Waals surface area (Å²) in [7, 11) is 0. The summed E-state index contributed by atoms with van der Waals surface area (Å²) in [6.45, 7) is 0. The molecule has 0 unspecified atom stereocenters. The number of nitrogens with one attached hydrogen (secondary N) is 4. The van der Waals surface area contributed by atoms with Gasteiger partial charge in [0.05, 0.1) is 5.92 Å². The zero-order chi connectivity index (χ0) is 24.6. The van der Waals surface area contributed by atoms with E-state index in [2.05, 4.69) is 31.7 Å². The van der Waals surface area contributed by atoms with Crippen molar-refractivity contribution in [2.45, 2.75) is 5.92 Å². The van der Waals surface area contributed by atoms with Gasteiger partial charge in [-0.3, -0.25) is 31.3 Å². The van der Waals surface area contributed by atoms with Gasteiger partial charge in [0.1, 0.15) is 17.8 Å². The van der Waals surface area contributed by atoms with Gasteiger partial charge in [0.15, 0.2) is 11.6 Å². The van der Waals surface area contributed by atoms with Crippen LogP contribution in [0.4, 0.5) is 21.7 Å². The van der Waals surface area contributed by atoms with Crippen molar-refractivity contribution in [3.05, 3.63) is 114 Å². The van der Waals surface area contributed by atoms with E-state index in [0.29, 0.717) is 0 Å². The van der Waals surface area contributed by atoms with E-state index in [1.165, 1.54) is 30.6 Å². The van der Waals surface area contributed by atoms with Crippen LogP contribution < -0.4 is 27.4 Å². The monoisotopic (exact) mass is 471 g/mol. The summed E-state index contributed by atoms with van der Waals surface area (Å²) in [5.41, 5.74) is 18.5. The van der Waals surface area contributed by atoms with E-state index in [0.717, 1.165) is 11.1 Å². The number of carbonyl (C=O) groups is 2. The van der Waals surface area contributed by atoms with Crippen LogP contribution >= 0.6 is 0 Å². The molecule has 0 saturated carbocycles. The van der Waals surface area contributed by atoms with E-state index in [1.807, 2.05) is 60.7 Å². The number of benzene rings is 3. The highest BCUT2D eigenvalue weighted by atomic mass is 19.1. The van der Waals surface area contributed by atoms with Gasteiger partial charge in [-0.2, -0.15) is 0 Å². The lowest BCUT2D eigenvalue weighted by molar-refractivity contribution is -0.121. The molecule has 1 heterocycles. The summed E-state index contributed by atoms with van der Waals surface area (Å²) in [6, 6.07) is 23.8. The Bertz CT molecular complexity index is 1260. The molecule has 176 valence electrons. The van der Waals surface area contributed by atoms with Crippen LogP contribution in [0.1, 0.15) is 27.4 Å². The molecule has 1 aromatic heterocycles. The van der Waals surface area contributed by atoms with Crippen molar-refractivity contribution in [2.24, 2.45) is 0 Å². The highest BCUT2D eigenvalue weighted by Gasteiger charge is 2.23. The lowest BCUT2D eigenvalue weighted by Crippen LogP contribution is -2.35. The summed E-state index contributed by atoms with van der Waals surface area (Å²) in [5, 5.41) is 0. The van der Waals surface area contributed by atoms with E-state index < -0.39 is 17.6 Å². The molecule has 35 heavy (non-hydrogen) atoms. The highest BCUT2D eigenvalue weighted by molar-refractivity contribution is 5.95. The molecule has 0 aliphatic heterocycles.